The van der Waals surface area contributed by atoms with Crippen molar-refractivity contribution in [3.8, 4) is 0 Å². The molecule has 9 nitrogen and oxygen atoms in total. The maximum Gasteiger partial charge on any atom is 0.337 e. The van der Waals surface area contributed by atoms with Gasteiger partial charge in [-0.05, 0) is 5.56 Å². The number of nitrogens with two attached hydrogens (primary N) is 1. The van der Waals surface area contributed by atoms with E-state index in [0.29, 0.717) is 6.42 Å². The van der Waals surface area contributed by atoms with Crippen molar-refractivity contribution >= 4 is 23.7 Å². The molecule has 2 fully saturated rings. The molecule has 1 aromatic carbocycles. The molecule has 2 aliphatic heterocycles. The number of carbonyl (C=O) groups excluding carboxylic acids is 3. The molecule has 9 heteroatoms. The second kappa shape index (κ2) is 8.52. The van der Waals surface area contributed by atoms with Crippen molar-refractivity contribution in [2.45, 2.75) is 31.0 Å². The van der Waals surface area contributed by atoms with E-state index in [1.807, 2.05) is 30.4 Å². The number of nitrogens with one attached hydrogen (secondary N) is 2. The smallest absolute Gasteiger partial charge is 0.337 e. The second-order valence-corrected chi connectivity index (χ2v) is 8.22. The Hall–Kier alpha value is -3.56. The molecule has 4 rings (SSSR count). The second-order valence-electron chi connectivity index (χ2n) is 8.22. The number of quaternary nitrogens is 1. The van der Waals surface area contributed by atoms with E-state index in [-0.39, 0.29) is 35.9 Å². The summed E-state index contributed by atoms with van der Waals surface area (Å²) in [5, 5.41) is 14.3. The first-order valence-corrected chi connectivity index (χ1v) is 10.4. The summed E-state index contributed by atoms with van der Waals surface area (Å²) in [6.07, 6.45) is 8.09. The topological polar surface area (TPSA) is 139 Å². The van der Waals surface area contributed by atoms with Crippen molar-refractivity contribution < 1.29 is 28.8 Å². The van der Waals surface area contributed by atoms with Gasteiger partial charge in [0.2, 0.25) is 5.91 Å². The molecule has 5 N–H and O–H groups in total. The van der Waals surface area contributed by atoms with Gasteiger partial charge in [-0.15, -0.1) is 0 Å². The molecule has 0 radical (unpaired) electrons. The number of carboxylic acid groups (broad SMARTS) is 1. The molecule has 4 unspecified atom stereocenters. The summed E-state index contributed by atoms with van der Waals surface area (Å²) in [5.74, 6) is -2.47. The molecular formula is C23H25N4O5+. The van der Waals surface area contributed by atoms with E-state index in [0.717, 1.165) is 16.8 Å². The maximum atomic E-state index is 12.8. The number of piperidine rings is 1. The number of amides is 3. The average Bonchev–Trinajstić information content (AvgIpc) is 3.46. The number of fused-ring (bicyclic) bond motifs is 1. The Balaban J connectivity index is 1.35. The molecule has 0 bridgehead atoms. The van der Waals surface area contributed by atoms with Crippen LogP contribution in [0.15, 0.2) is 65.9 Å². The number of nitrogens with zero attached hydrogens (tertiary/aromatic N) is 1. The molecule has 0 saturated carbocycles. The normalized spacial score (nSPS) is 26.1. The Kier molecular flexibility index (Phi) is 5.77. The highest BCUT2D eigenvalue weighted by Crippen LogP contribution is 2.53. The van der Waals surface area contributed by atoms with Gasteiger partial charge in [0.25, 0.3) is 5.91 Å². The number of aliphatic carboxylic acids is 1. The molecule has 0 aromatic heterocycles. The summed E-state index contributed by atoms with van der Waals surface area (Å²) in [6.45, 7) is -0.530. The molecule has 4 atom stereocenters. The molecule has 3 amide bonds. The van der Waals surface area contributed by atoms with E-state index < -0.39 is 29.9 Å². The minimum Gasteiger partial charge on any atom is -0.480 e. The highest BCUT2D eigenvalue weighted by molar-refractivity contribution is 5.90. The Labute approximate surface area is 184 Å². The predicted octanol–water partition coefficient (Wildman–Crippen LogP) is -0.249. The fourth-order valence-corrected chi connectivity index (χ4v) is 4.56. The Bertz CT molecular complexity index is 1060. The lowest BCUT2D eigenvalue weighted by molar-refractivity contribution is -0.706. The lowest BCUT2D eigenvalue weighted by Crippen LogP contribution is -2.55. The van der Waals surface area contributed by atoms with Crippen LogP contribution in [0.5, 0.6) is 0 Å². The minimum absolute atomic E-state index is 0.126. The molecule has 3 aliphatic rings. The maximum absolute atomic E-state index is 12.8. The third-order valence-electron chi connectivity index (χ3n) is 6.07. The van der Waals surface area contributed by atoms with Gasteiger partial charge in [-0.25, -0.2) is 14.1 Å². The standard InChI is InChI=1S/C23H24N4O5/c24-16-11-15-8-4-5-9-18-21(15)27(18,22(16)30)13-20(29)25-12-19(28)26-17(23(31)32)10-14-6-2-1-3-7-14/h1-9,16-17,21H,10-13,24H2,(H2-,25,26,28,29,31,32)/p+1. The van der Waals surface area contributed by atoms with Crippen LogP contribution in [-0.2, 0) is 25.6 Å². The van der Waals surface area contributed by atoms with Crippen LogP contribution in [0.3, 0.4) is 0 Å². The zero-order valence-electron chi connectivity index (χ0n) is 17.4. The van der Waals surface area contributed by atoms with Gasteiger partial charge in [0.05, 0.1) is 6.54 Å². The molecular weight excluding hydrogens is 412 g/mol. The van der Waals surface area contributed by atoms with Crippen LogP contribution in [0.1, 0.15) is 12.0 Å². The number of rotatable bonds is 8. The lowest BCUT2D eigenvalue weighted by Gasteiger charge is -2.25. The summed E-state index contributed by atoms with van der Waals surface area (Å²) in [5.41, 5.74) is 8.64. The van der Waals surface area contributed by atoms with Crippen LogP contribution in [0.2, 0.25) is 0 Å². The van der Waals surface area contributed by atoms with E-state index in [2.05, 4.69) is 10.6 Å². The van der Waals surface area contributed by atoms with Crippen LogP contribution >= 0.6 is 0 Å². The Morgan fingerprint density at radius 2 is 1.84 bits per heavy atom. The first-order chi connectivity index (χ1) is 15.3. The fourth-order valence-electron chi connectivity index (χ4n) is 4.56. The number of benzene rings is 1. The number of hydrogen-bond donors (Lipinski definition) is 4. The summed E-state index contributed by atoms with van der Waals surface area (Å²) >= 11 is 0. The summed E-state index contributed by atoms with van der Waals surface area (Å²) in [4.78, 5) is 49.2. The molecule has 0 spiro atoms. The van der Waals surface area contributed by atoms with Gasteiger partial charge in [0.1, 0.15) is 12.1 Å². The van der Waals surface area contributed by atoms with Gasteiger partial charge in [-0.3, -0.25) is 9.59 Å². The summed E-state index contributed by atoms with van der Waals surface area (Å²) in [6, 6.07) is 6.98. The van der Waals surface area contributed by atoms with E-state index in [1.54, 1.807) is 24.3 Å². The highest BCUT2D eigenvalue weighted by atomic mass is 16.4. The van der Waals surface area contributed by atoms with Gasteiger partial charge in [0, 0.05) is 24.5 Å². The van der Waals surface area contributed by atoms with Gasteiger partial charge < -0.3 is 21.5 Å². The van der Waals surface area contributed by atoms with Crippen molar-refractivity contribution in [2.24, 2.45) is 5.73 Å². The monoisotopic (exact) mass is 437 g/mol. The van der Waals surface area contributed by atoms with Crippen LogP contribution in [0.25, 0.3) is 0 Å². The zero-order valence-corrected chi connectivity index (χ0v) is 17.4. The highest BCUT2D eigenvalue weighted by Gasteiger charge is 2.72. The molecule has 2 saturated heterocycles. The molecule has 166 valence electrons. The van der Waals surface area contributed by atoms with E-state index in [9.17, 15) is 24.3 Å². The Morgan fingerprint density at radius 3 is 2.56 bits per heavy atom. The number of carboxylic acids is 1. The average molecular weight is 437 g/mol. The molecule has 1 aromatic rings. The van der Waals surface area contributed by atoms with Crippen LogP contribution in [0, 0.1) is 0 Å². The first-order valence-electron chi connectivity index (χ1n) is 10.4. The molecule has 2 heterocycles. The predicted molar refractivity (Wildman–Crippen MR) is 115 cm³/mol. The zero-order chi connectivity index (χ0) is 22.9. The van der Waals surface area contributed by atoms with E-state index in [4.69, 9.17) is 5.73 Å². The fraction of sp³-hybridized carbons (Fsp3) is 0.304. The van der Waals surface area contributed by atoms with Crippen molar-refractivity contribution in [1.29, 1.82) is 0 Å². The quantitative estimate of drug-likeness (QED) is 0.327. The SMILES string of the molecule is NC1CC2=CC=CC=C3C2[N+]3(CC(=O)NCC(=O)NC(Cc2ccccc2)C(=O)O)C1=O. The van der Waals surface area contributed by atoms with Crippen LogP contribution in [0.4, 0.5) is 0 Å². The third kappa shape index (κ3) is 4.00. The van der Waals surface area contributed by atoms with Crippen molar-refractivity contribution in [3.05, 3.63) is 71.5 Å². The number of carbonyl (C=O) groups is 4. The minimum atomic E-state index is -1.16. The van der Waals surface area contributed by atoms with Gasteiger partial charge in [0.15, 0.2) is 18.3 Å². The van der Waals surface area contributed by atoms with Crippen molar-refractivity contribution in [2.75, 3.05) is 13.1 Å². The largest absolute Gasteiger partial charge is 0.480 e. The van der Waals surface area contributed by atoms with E-state index >= 15 is 0 Å². The van der Waals surface area contributed by atoms with Gasteiger partial charge in [-0.1, -0.05) is 48.6 Å². The van der Waals surface area contributed by atoms with Gasteiger partial charge >= 0.3 is 11.9 Å². The molecule has 32 heavy (non-hydrogen) atoms. The number of allylic oxidation sites excluding steroid dienone is 4. The third-order valence-corrected chi connectivity index (χ3v) is 6.07. The van der Waals surface area contributed by atoms with Crippen LogP contribution in [-0.4, -0.2) is 64.5 Å². The first kappa shape index (κ1) is 21.7. The van der Waals surface area contributed by atoms with Crippen molar-refractivity contribution in [1.82, 2.24) is 10.6 Å². The Morgan fingerprint density at radius 1 is 1.12 bits per heavy atom. The van der Waals surface area contributed by atoms with E-state index in [1.165, 1.54) is 0 Å². The summed E-state index contributed by atoms with van der Waals surface area (Å²) in [7, 11) is 0. The number of hydrogen-bond acceptors (Lipinski definition) is 5. The van der Waals surface area contributed by atoms with Gasteiger partial charge in [-0.2, -0.15) is 0 Å². The molecule has 1 aliphatic carbocycles. The van der Waals surface area contributed by atoms with Crippen molar-refractivity contribution in [3.63, 3.8) is 0 Å². The summed E-state index contributed by atoms with van der Waals surface area (Å²) < 4.78 is -0.128. The van der Waals surface area contributed by atoms with Crippen LogP contribution < -0.4 is 16.4 Å². The lowest BCUT2D eigenvalue weighted by atomic mass is 9.98.